The summed E-state index contributed by atoms with van der Waals surface area (Å²) in [6, 6.07) is 11.2. The van der Waals surface area contributed by atoms with E-state index in [1.165, 1.54) is 0 Å². The molecular formula is C17H22N2O3. The van der Waals surface area contributed by atoms with Crippen LogP contribution in [0.2, 0.25) is 0 Å². The Morgan fingerprint density at radius 1 is 1.36 bits per heavy atom. The lowest BCUT2D eigenvalue weighted by molar-refractivity contribution is 0.199. The van der Waals surface area contributed by atoms with Crippen molar-refractivity contribution < 1.29 is 13.9 Å². The number of rotatable bonds is 6. The molecule has 1 aromatic carbocycles. The maximum Gasteiger partial charge on any atom is 0.318 e. The van der Waals surface area contributed by atoms with E-state index in [1.54, 1.807) is 18.2 Å². The fourth-order valence-electron chi connectivity index (χ4n) is 2.13. The fourth-order valence-corrected chi connectivity index (χ4v) is 2.13. The number of nitrogens with zero attached hydrogens (tertiary/aromatic N) is 1. The zero-order chi connectivity index (χ0) is 15.9. The highest BCUT2D eigenvalue weighted by Crippen LogP contribution is 2.19. The van der Waals surface area contributed by atoms with E-state index in [0.717, 1.165) is 17.1 Å². The first-order valence-corrected chi connectivity index (χ1v) is 7.37. The van der Waals surface area contributed by atoms with E-state index in [2.05, 4.69) is 5.32 Å². The van der Waals surface area contributed by atoms with Crippen molar-refractivity contribution in [3.63, 3.8) is 0 Å². The molecular weight excluding hydrogens is 280 g/mol. The first kappa shape index (κ1) is 15.9. The molecule has 0 aliphatic carbocycles. The van der Waals surface area contributed by atoms with Crippen LogP contribution in [-0.2, 0) is 6.54 Å². The quantitative estimate of drug-likeness (QED) is 0.887. The van der Waals surface area contributed by atoms with Crippen LogP contribution in [-0.4, -0.2) is 24.6 Å². The van der Waals surface area contributed by atoms with Gasteiger partial charge in [0.25, 0.3) is 0 Å². The molecule has 2 amide bonds. The van der Waals surface area contributed by atoms with Crippen LogP contribution in [0.1, 0.15) is 31.2 Å². The maximum atomic E-state index is 12.2. The molecule has 1 atom stereocenters. The molecule has 2 rings (SSSR count). The second kappa shape index (κ2) is 7.54. The Labute approximate surface area is 130 Å². The van der Waals surface area contributed by atoms with E-state index in [-0.39, 0.29) is 12.1 Å². The van der Waals surface area contributed by atoms with Crippen LogP contribution in [0.15, 0.2) is 47.1 Å². The number of nitrogens with one attached hydrogen (secondary N) is 1. The third kappa shape index (κ3) is 4.28. The molecule has 0 radical (unpaired) electrons. The lowest BCUT2D eigenvalue weighted by Gasteiger charge is -2.21. The highest BCUT2D eigenvalue weighted by Gasteiger charge is 2.14. The van der Waals surface area contributed by atoms with Crippen molar-refractivity contribution >= 4 is 6.03 Å². The van der Waals surface area contributed by atoms with Crippen molar-refractivity contribution in [2.75, 3.05) is 13.7 Å². The number of furan rings is 1. The van der Waals surface area contributed by atoms with Gasteiger partial charge in [-0.05, 0) is 43.7 Å². The van der Waals surface area contributed by atoms with Gasteiger partial charge in [-0.1, -0.05) is 12.1 Å². The van der Waals surface area contributed by atoms with Gasteiger partial charge in [0.2, 0.25) is 0 Å². The highest BCUT2D eigenvalue weighted by molar-refractivity contribution is 5.74. The smallest absolute Gasteiger partial charge is 0.318 e. The van der Waals surface area contributed by atoms with E-state index in [1.807, 2.05) is 50.2 Å². The minimum atomic E-state index is -0.147. The molecule has 0 saturated heterocycles. The average Bonchev–Trinajstić information content (AvgIpc) is 3.00. The summed E-state index contributed by atoms with van der Waals surface area (Å²) in [6.07, 6.45) is 1.60. The van der Waals surface area contributed by atoms with Gasteiger partial charge in [-0.25, -0.2) is 4.79 Å². The second-order valence-corrected chi connectivity index (χ2v) is 5.11. The molecule has 1 heterocycles. The molecule has 0 fully saturated rings. The topological polar surface area (TPSA) is 54.7 Å². The lowest BCUT2D eigenvalue weighted by atomic mass is 10.1. The van der Waals surface area contributed by atoms with Gasteiger partial charge >= 0.3 is 6.03 Å². The normalized spacial score (nSPS) is 11.8. The number of hydrogen-bond donors (Lipinski definition) is 1. The number of benzene rings is 1. The van der Waals surface area contributed by atoms with Crippen molar-refractivity contribution in [2.45, 2.75) is 26.4 Å². The van der Waals surface area contributed by atoms with E-state index in [0.29, 0.717) is 13.2 Å². The average molecular weight is 302 g/mol. The van der Waals surface area contributed by atoms with Gasteiger partial charge in [0.1, 0.15) is 11.5 Å². The van der Waals surface area contributed by atoms with Crippen molar-refractivity contribution in [1.29, 1.82) is 0 Å². The maximum absolute atomic E-state index is 12.2. The summed E-state index contributed by atoms with van der Waals surface area (Å²) in [5.41, 5.74) is 1.01. The Kier molecular flexibility index (Phi) is 5.47. The molecule has 1 unspecified atom stereocenters. The SMILES string of the molecule is CCOc1cccc(C(C)NC(=O)N(C)Cc2ccco2)c1. The van der Waals surface area contributed by atoms with E-state index < -0.39 is 0 Å². The molecule has 0 saturated carbocycles. The summed E-state index contributed by atoms with van der Waals surface area (Å²) in [6.45, 7) is 4.95. The number of amides is 2. The van der Waals surface area contributed by atoms with Crippen molar-refractivity contribution in [3.8, 4) is 5.75 Å². The first-order valence-electron chi connectivity index (χ1n) is 7.37. The van der Waals surface area contributed by atoms with Gasteiger partial charge in [0, 0.05) is 7.05 Å². The second-order valence-electron chi connectivity index (χ2n) is 5.11. The Morgan fingerprint density at radius 2 is 2.18 bits per heavy atom. The zero-order valence-electron chi connectivity index (χ0n) is 13.2. The van der Waals surface area contributed by atoms with Crippen molar-refractivity contribution in [3.05, 3.63) is 54.0 Å². The molecule has 0 aliphatic heterocycles. The Morgan fingerprint density at radius 3 is 2.86 bits per heavy atom. The predicted octanol–water partition coefficient (Wildman–Crippen LogP) is 3.58. The van der Waals surface area contributed by atoms with Crippen LogP contribution in [0.4, 0.5) is 4.79 Å². The molecule has 2 aromatic rings. The lowest BCUT2D eigenvalue weighted by Crippen LogP contribution is -2.38. The molecule has 0 aliphatic rings. The number of urea groups is 1. The van der Waals surface area contributed by atoms with Crippen LogP contribution in [0.3, 0.4) is 0 Å². The third-order valence-corrected chi connectivity index (χ3v) is 3.33. The number of ether oxygens (including phenoxy) is 1. The summed E-state index contributed by atoms with van der Waals surface area (Å²) in [5, 5.41) is 2.97. The predicted molar refractivity (Wildman–Crippen MR) is 84.7 cm³/mol. The largest absolute Gasteiger partial charge is 0.494 e. The monoisotopic (exact) mass is 302 g/mol. The van der Waals surface area contributed by atoms with Gasteiger partial charge in [0.15, 0.2) is 0 Å². The van der Waals surface area contributed by atoms with Gasteiger partial charge in [0.05, 0.1) is 25.5 Å². The van der Waals surface area contributed by atoms with Crippen LogP contribution in [0, 0.1) is 0 Å². The van der Waals surface area contributed by atoms with Crippen molar-refractivity contribution in [2.24, 2.45) is 0 Å². The highest BCUT2D eigenvalue weighted by atomic mass is 16.5. The minimum absolute atomic E-state index is 0.105. The number of hydrogen-bond acceptors (Lipinski definition) is 3. The van der Waals surface area contributed by atoms with E-state index in [4.69, 9.17) is 9.15 Å². The van der Waals surface area contributed by atoms with Crippen LogP contribution in [0.5, 0.6) is 5.75 Å². The zero-order valence-corrected chi connectivity index (χ0v) is 13.2. The molecule has 0 spiro atoms. The van der Waals surface area contributed by atoms with Crippen LogP contribution < -0.4 is 10.1 Å². The number of carbonyl (C=O) groups is 1. The molecule has 118 valence electrons. The molecule has 5 nitrogen and oxygen atoms in total. The standard InChI is InChI=1S/C17H22N2O3/c1-4-21-15-8-5-7-14(11-15)13(2)18-17(20)19(3)12-16-9-6-10-22-16/h5-11,13H,4,12H2,1-3H3,(H,18,20). The summed E-state index contributed by atoms with van der Waals surface area (Å²) < 4.78 is 10.7. The third-order valence-electron chi connectivity index (χ3n) is 3.33. The summed E-state index contributed by atoms with van der Waals surface area (Å²) in [4.78, 5) is 13.8. The molecule has 1 aromatic heterocycles. The van der Waals surface area contributed by atoms with Crippen LogP contribution >= 0.6 is 0 Å². The van der Waals surface area contributed by atoms with Gasteiger partial charge in [-0.3, -0.25) is 0 Å². The molecule has 22 heavy (non-hydrogen) atoms. The van der Waals surface area contributed by atoms with Gasteiger partial charge in [-0.15, -0.1) is 0 Å². The molecule has 0 bridgehead atoms. The van der Waals surface area contributed by atoms with Gasteiger partial charge < -0.3 is 19.4 Å². The molecule has 5 heteroatoms. The molecule has 1 N–H and O–H groups in total. The van der Waals surface area contributed by atoms with Crippen LogP contribution in [0.25, 0.3) is 0 Å². The number of carbonyl (C=O) groups excluding carboxylic acids is 1. The van der Waals surface area contributed by atoms with E-state index >= 15 is 0 Å². The Hall–Kier alpha value is -2.43. The summed E-state index contributed by atoms with van der Waals surface area (Å²) in [5.74, 6) is 1.56. The Bertz CT molecular complexity index is 596. The van der Waals surface area contributed by atoms with Crippen molar-refractivity contribution in [1.82, 2.24) is 10.2 Å². The first-order chi connectivity index (χ1) is 10.6. The van der Waals surface area contributed by atoms with E-state index in [9.17, 15) is 4.79 Å². The summed E-state index contributed by atoms with van der Waals surface area (Å²) >= 11 is 0. The fraction of sp³-hybridized carbons (Fsp3) is 0.353. The minimum Gasteiger partial charge on any atom is -0.494 e. The summed E-state index contributed by atoms with van der Waals surface area (Å²) in [7, 11) is 1.74. The van der Waals surface area contributed by atoms with Gasteiger partial charge in [-0.2, -0.15) is 0 Å². The Balaban J connectivity index is 1.94.